The molecule has 0 aromatic carbocycles. The number of alkyl halides is 1. The van der Waals surface area contributed by atoms with E-state index >= 15 is 0 Å². The van der Waals surface area contributed by atoms with E-state index in [1.807, 2.05) is 13.8 Å². The Hall–Kier alpha value is -0.120. The van der Waals surface area contributed by atoms with Crippen LogP contribution in [0.25, 0.3) is 0 Å². The maximum Gasteiger partial charge on any atom is 0.124 e. The van der Waals surface area contributed by atoms with Crippen molar-refractivity contribution in [1.29, 1.82) is 0 Å². The fourth-order valence-electron chi connectivity index (χ4n) is 1.03. The van der Waals surface area contributed by atoms with Crippen molar-refractivity contribution >= 4 is 22.9 Å². The van der Waals surface area contributed by atoms with Gasteiger partial charge >= 0.3 is 0 Å². The van der Waals surface area contributed by atoms with Gasteiger partial charge in [-0.3, -0.25) is 0 Å². The Balaban J connectivity index is 2.67. The SMILES string of the molecule is COC(C)(C)c1nc(CCCCl)cs1. The molecule has 0 spiro atoms. The van der Waals surface area contributed by atoms with Gasteiger partial charge in [-0.15, -0.1) is 22.9 Å². The van der Waals surface area contributed by atoms with Gasteiger partial charge in [-0.25, -0.2) is 4.98 Å². The van der Waals surface area contributed by atoms with E-state index in [2.05, 4.69) is 10.4 Å². The highest BCUT2D eigenvalue weighted by Crippen LogP contribution is 2.27. The third kappa shape index (κ3) is 2.94. The normalized spacial score (nSPS) is 12.0. The van der Waals surface area contributed by atoms with E-state index in [1.165, 1.54) is 0 Å². The number of aryl methyl sites for hydroxylation is 1. The molecule has 14 heavy (non-hydrogen) atoms. The molecule has 0 aliphatic heterocycles. The van der Waals surface area contributed by atoms with Gasteiger partial charge in [0, 0.05) is 18.4 Å². The van der Waals surface area contributed by atoms with Gasteiger partial charge in [0.1, 0.15) is 10.6 Å². The molecule has 1 aromatic heterocycles. The Kier molecular flexibility index (Phi) is 4.35. The van der Waals surface area contributed by atoms with Gasteiger partial charge in [-0.2, -0.15) is 0 Å². The molecule has 0 amide bonds. The van der Waals surface area contributed by atoms with Crippen LogP contribution in [0.5, 0.6) is 0 Å². The first kappa shape index (κ1) is 12.0. The smallest absolute Gasteiger partial charge is 0.124 e. The second-order valence-corrected chi connectivity index (χ2v) is 4.89. The summed E-state index contributed by atoms with van der Waals surface area (Å²) in [5, 5.41) is 3.12. The van der Waals surface area contributed by atoms with E-state index in [0.717, 1.165) is 23.5 Å². The van der Waals surface area contributed by atoms with E-state index in [1.54, 1.807) is 18.4 Å². The summed E-state index contributed by atoms with van der Waals surface area (Å²) in [7, 11) is 1.71. The highest BCUT2D eigenvalue weighted by atomic mass is 35.5. The monoisotopic (exact) mass is 233 g/mol. The first-order valence-electron chi connectivity index (χ1n) is 4.66. The Morgan fingerprint density at radius 2 is 2.29 bits per heavy atom. The zero-order valence-electron chi connectivity index (χ0n) is 8.84. The lowest BCUT2D eigenvalue weighted by molar-refractivity contribution is 0.0189. The molecule has 0 N–H and O–H groups in total. The summed E-state index contributed by atoms with van der Waals surface area (Å²) in [6, 6.07) is 0. The first-order chi connectivity index (χ1) is 6.60. The van der Waals surface area contributed by atoms with Crippen LogP contribution >= 0.6 is 22.9 Å². The van der Waals surface area contributed by atoms with Gasteiger partial charge in [-0.1, -0.05) is 0 Å². The molecule has 0 aliphatic rings. The van der Waals surface area contributed by atoms with Crippen LogP contribution in [0, 0.1) is 0 Å². The lowest BCUT2D eigenvalue weighted by Crippen LogP contribution is -2.19. The number of thiazole rings is 1. The molecule has 0 fully saturated rings. The predicted octanol–water partition coefficient (Wildman–Crippen LogP) is 3.20. The summed E-state index contributed by atoms with van der Waals surface area (Å²) in [5.74, 6) is 0.695. The van der Waals surface area contributed by atoms with Gasteiger partial charge in [-0.05, 0) is 26.7 Å². The molecule has 80 valence electrons. The average Bonchev–Trinajstić information content (AvgIpc) is 2.63. The number of hydrogen-bond acceptors (Lipinski definition) is 3. The third-order valence-corrected chi connectivity index (χ3v) is 3.61. The number of hydrogen-bond donors (Lipinski definition) is 0. The number of methoxy groups -OCH3 is 1. The molecule has 0 saturated heterocycles. The fraction of sp³-hybridized carbons (Fsp3) is 0.700. The minimum Gasteiger partial charge on any atom is -0.372 e. The number of nitrogens with zero attached hydrogens (tertiary/aromatic N) is 1. The van der Waals surface area contributed by atoms with Crippen molar-refractivity contribution in [3.8, 4) is 0 Å². The van der Waals surface area contributed by atoms with Crippen LogP contribution < -0.4 is 0 Å². The quantitative estimate of drug-likeness (QED) is 0.729. The molecule has 0 unspecified atom stereocenters. The summed E-state index contributed by atoms with van der Waals surface area (Å²) < 4.78 is 5.36. The standard InChI is InChI=1S/C10H16ClNOS/c1-10(2,13-3)9-12-8(7-14-9)5-4-6-11/h7H,4-6H2,1-3H3. The number of aromatic nitrogens is 1. The van der Waals surface area contributed by atoms with Crippen molar-refractivity contribution in [2.24, 2.45) is 0 Å². The zero-order valence-corrected chi connectivity index (χ0v) is 10.4. The minimum absolute atomic E-state index is 0.274. The molecule has 1 heterocycles. The van der Waals surface area contributed by atoms with E-state index in [9.17, 15) is 0 Å². The van der Waals surface area contributed by atoms with Gasteiger partial charge in [0.2, 0.25) is 0 Å². The molecule has 4 heteroatoms. The number of ether oxygens (including phenoxy) is 1. The van der Waals surface area contributed by atoms with Crippen LogP contribution in [0.4, 0.5) is 0 Å². The zero-order chi connectivity index (χ0) is 10.6. The summed E-state index contributed by atoms with van der Waals surface area (Å²) in [6.45, 7) is 4.05. The van der Waals surface area contributed by atoms with Gasteiger partial charge < -0.3 is 4.74 Å². The van der Waals surface area contributed by atoms with Crippen LogP contribution in [-0.2, 0) is 16.8 Å². The third-order valence-electron chi connectivity index (χ3n) is 2.14. The summed E-state index contributed by atoms with van der Waals surface area (Å²) >= 11 is 7.28. The topological polar surface area (TPSA) is 22.1 Å². The Bertz CT molecular complexity index is 285. The second kappa shape index (κ2) is 5.10. The molecule has 1 aromatic rings. The molecule has 2 nitrogen and oxygen atoms in total. The van der Waals surface area contributed by atoms with Crippen molar-refractivity contribution in [2.75, 3.05) is 13.0 Å². The largest absolute Gasteiger partial charge is 0.372 e. The highest BCUT2D eigenvalue weighted by Gasteiger charge is 2.23. The van der Waals surface area contributed by atoms with Crippen molar-refractivity contribution < 1.29 is 4.74 Å². The lowest BCUT2D eigenvalue weighted by Gasteiger charge is -2.19. The molecule has 1 rings (SSSR count). The minimum atomic E-state index is -0.274. The van der Waals surface area contributed by atoms with Gasteiger partial charge in [0.25, 0.3) is 0 Å². The predicted molar refractivity (Wildman–Crippen MR) is 61.2 cm³/mol. The molecule has 0 radical (unpaired) electrons. The van der Waals surface area contributed by atoms with Gasteiger partial charge in [0.15, 0.2) is 0 Å². The summed E-state index contributed by atoms with van der Waals surface area (Å²) in [6.07, 6.45) is 1.94. The van der Waals surface area contributed by atoms with Gasteiger partial charge in [0.05, 0.1) is 5.69 Å². The molecular formula is C10H16ClNOS. The lowest BCUT2D eigenvalue weighted by atomic mass is 10.1. The molecule has 0 aliphatic carbocycles. The molecule has 0 saturated carbocycles. The Morgan fingerprint density at radius 1 is 1.57 bits per heavy atom. The summed E-state index contributed by atoms with van der Waals surface area (Å²) in [5.41, 5.74) is 0.847. The van der Waals surface area contributed by atoms with Crippen LogP contribution in [0.3, 0.4) is 0 Å². The van der Waals surface area contributed by atoms with Crippen molar-refractivity contribution in [2.45, 2.75) is 32.3 Å². The van der Waals surface area contributed by atoms with Crippen LogP contribution in [0.2, 0.25) is 0 Å². The van der Waals surface area contributed by atoms with Crippen molar-refractivity contribution in [3.05, 3.63) is 16.1 Å². The Labute approximate surface area is 94.3 Å². The average molecular weight is 234 g/mol. The van der Waals surface area contributed by atoms with Crippen molar-refractivity contribution in [1.82, 2.24) is 4.98 Å². The van der Waals surface area contributed by atoms with E-state index in [-0.39, 0.29) is 5.60 Å². The molecule has 0 atom stereocenters. The maximum absolute atomic E-state index is 5.63. The van der Waals surface area contributed by atoms with Crippen LogP contribution in [0.15, 0.2) is 5.38 Å². The van der Waals surface area contributed by atoms with E-state index in [4.69, 9.17) is 16.3 Å². The summed E-state index contributed by atoms with van der Waals surface area (Å²) in [4.78, 5) is 4.53. The fourth-order valence-corrected chi connectivity index (χ4v) is 2.12. The van der Waals surface area contributed by atoms with Crippen molar-refractivity contribution in [3.63, 3.8) is 0 Å². The second-order valence-electron chi connectivity index (χ2n) is 3.65. The van der Waals surface area contributed by atoms with E-state index in [0.29, 0.717) is 5.88 Å². The number of rotatable bonds is 5. The Morgan fingerprint density at radius 3 is 2.86 bits per heavy atom. The highest BCUT2D eigenvalue weighted by molar-refractivity contribution is 7.09. The van der Waals surface area contributed by atoms with Crippen LogP contribution in [0.1, 0.15) is 31.0 Å². The van der Waals surface area contributed by atoms with E-state index < -0.39 is 0 Å². The number of halogens is 1. The molecule has 0 bridgehead atoms. The van der Waals surface area contributed by atoms with Crippen LogP contribution in [-0.4, -0.2) is 18.0 Å². The maximum atomic E-state index is 5.63. The molecular weight excluding hydrogens is 218 g/mol. The first-order valence-corrected chi connectivity index (χ1v) is 6.07.